The summed E-state index contributed by atoms with van der Waals surface area (Å²) < 4.78 is 6.12. The predicted octanol–water partition coefficient (Wildman–Crippen LogP) is 14.6. The molecule has 4 aliphatic carbocycles. The summed E-state index contributed by atoms with van der Waals surface area (Å²) in [6.45, 7) is 14.8. The maximum atomic E-state index is 12.8. The highest BCUT2D eigenvalue weighted by Gasteiger charge is 2.59. The Bertz CT molecular complexity index is 1210. The molecule has 0 aromatic rings. The van der Waals surface area contributed by atoms with Gasteiger partial charge in [-0.25, -0.2) is 0 Å². The van der Waals surface area contributed by atoms with Crippen LogP contribution < -0.4 is 0 Å². The minimum Gasteiger partial charge on any atom is -0.462 e. The van der Waals surface area contributed by atoms with E-state index in [1.807, 2.05) is 0 Å². The van der Waals surface area contributed by atoms with Crippen molar-refractivity contribution in [1.82, 2.24) is 0 Å². The van der Waals surface area contributed by atoms with Gasteiger partial charge < -0.3 is 4.74 Å². The summed E-state index contributed by atoms with van der Waals surface area (Å²) in [5.41, 5.74) is 2.49. The van der Waals surface area contributed by atoms with Crippen LogP contribution in [-0.2, 0) is 9.53 Å². The number of hydrogen-bond donors (Lipinski definition) is 0. The van der Waals surface area contributed by atoms with Crippen LogP contribution >= 0.6 is 0 Å². The molecule has 2 heteroatoms. The summed E-state index contributed by atoms with van der Waals surface area (Å²) in [7, 11) is 0. The quantitative estimate of drug-likeness (QED) is 0.0677. The van der Waals surface area contributed by atoms with Crippen LogP contribution in [0, 0.1) is 46.3 Å². The number of fused-ring (bicyclic) bond motifs is 5. The van der Waals surface area contributed by atoms with Crippen LogP contribution in [0.5, 0.6) is 0 Å². The molecule has 0 radical (unpaired) electrons. The zero-order chi connectivity index (χ0) is 36.5. The van der Waals surface area contributed by atoms with Gasteiger partial charge in [-0.15, -0.1) is 0 Å². The molecule has 0 saturated heterocycles. The van der Waals surface area contributed by atoms with Gasteiger partial charge in [0.1, 0.15) is 6.10 Å². The molecule has 2 nitrogen and oxygen atoms in total. The molecular formula is C49H78O2. The Morgan fingerprint density at radius 3 is 2.10 bits per heavy atom. The highest BCUT2D eigenvalue weighted by Crippen LogP contribution is 2.67. The van der Waals surface area contributed by atoms with Crippen molar-refractivity contribution in [2.45, 2.75) is 182 Å². The number of allylic oxidation sites excluding steroid dienone is 11. The van der Waals surface area contributed by atoms with Crippen LogP contribution in [0.1, 0.15) is 176 Å². The molecule has 0 unspecified atom stereocenters. The largest absolute Gasteiger partial charge is 0.462 e. The van der Waals surface area contributed by atoms with Crippen LogP contribution in [-0.4, -0.2) is 12.1 Å². The number of hydrogen-bond acceptors (Lipinski definition) is 2. The van der Waals surface area contributed by atoms with Gasteiger partial charge in [0.25, 0.3) is 0 Å². The summed E-state index contributed by atoms with van der Waals surface area (Å²) in [5.74, 6) is 5.24. The number of rotatable bonds is 21. The molecule has 0 amide bonds. The van der Waals surface area contributed by atoms with E-state index in [0.717, 1.165) is 106 Å². The molecule has 0 aromatic heterocycles. The van der Waals surface area contributed by atoms with Crippen LogP contribution in [0.4, 0.5) is 0 Å². The van der Waals surface area contributed by atoms with Gasteiger partial charge in [0.05, 0.1) is 0 Å². The Kier molecular flexibility index (Phi) is 17.6. The van der Waals surface area contributed by atoms with E-state index < -0.39 is 0 Å². The number of unbranched alkanes of at least 4 members (excludes halogenated alkanes) is 3. The lowest BCUT2D eigenvalue weighted by Crippen LogP contribution is -2.51. The third-order valence-corrected chi connectivity index (χ3v) is 14.0. The lowest BCUT2D eigenvalue weighted by molar-refractivity contribution is -0.151. The molecule has 3 saturated carbocycles. The van der Waals surface area contributed by atoms with Crippen molar-refractivity contribution in [3.63, 3.8) is 0 Å². The van der Waals surface area contributed by atoms with Crippen molar-refractivity contribution in [3.8, 4) is 0 Å². The average Bonchev–Trinajstić information content (AvgIpc) is 3.46. The SMILES string of the molecule is CC/C=C\C/C=C\C/C=C\C/C=C\C/C=C\CCCCCC(=O)O[C@H]1CC[C@@]2(C)C(=CC[C@H]3[C@@H]4CC[C@H]([C@H](C)CCCC(C)C)[C@@]4(C)CC[C@@H]32)C1. The van der Waals surface area contributed by atoms with Crippen molar-refractivity contribution >= 4 is 5.97 Å². The second-order valence-electron chi connectivity index (χ2n) is 18.0. The lowest BCUT2D eigenvalue weighted by atomic mass is 9.47. The van der Waals surface area contributed by atoms with Crippen LogP contribution in [0.25, 0.3) is 0 Å². The highest BCUT2D eigenvalue weighted by atomic mass is 16.5. The fourth-order valence-corrected chi connectivity index (χ4v) is 11.1. The third kappa shape index (κ3) is 12.2. The Balaban J connectivity index is 1.09. The molecule has 4 aliphatic rings. The van der Waals surface area contributed by atoms with Crippen molar-refractivity contribution in [1.29, 1.82) is 0 Å². The second kappa shape index (κ2) is 21.6. The first kappa shape index (κ1) is 41.7. The van der Waals surface area contributed by atoms with Gasteiger partial charge >= 0.3 is 5.97 Å². The number of carbonyl (C=O) groups is 1. The molecule has 286 valence electrons. The minimum absolute atomic E-state index is 0.0284. The van der Waals surface area contributed by atoms with Gasteiger partial charge in [0, 0.05) is 12.8 Å². The zero-order valence-electron chi connectivity index (χ0n) is 34.1. The number of carbonyl (C=O) groups excluding carboxylic acids is 1. The van der Waals surface area contributed by atoms with Gasteiger partial charge in [-0.1, -0.05) is 140 Å². The summed E-state index contributed by atoms with van der Waals surface area (Å²) in [6, 6.07) is 0. The van der Waals surface area contributed by atoms with E-state index in [1.165, 1.54) is 57.8 Å². The van der Waals surface area contributed by atoms with Gasteiger partial charge in [-0.3, -0.25) is 4.79 Å². The molecule has 3 fully saturated rings. The number of esters is 1. The molecule has 51 heavy (non-hydrogen) atoms. The molecule has 8 atom stereocenters. The molecule has 0 bridgehead atoms. The first-order chi connectivity index (χ1) is 24.7. The smallest absolute Gasteiger partial charge is 0.306 e. The van der Waals surface area contributed by atoms with Crippen molar-refractivity contribution < 1.29 is 9.53 Å². The van der Waals surface area contributed by atoms with E-state index >= 15 is 0 Å². The first-order valence-electron chi connectivity index (χ1n) is 21.8. The zero-order valence-corrected chi connectivity index (χ0v) is 34.1. The van der Waals surface area contributed by atoms with Crippen molar-refractivity contribution in [2.75, 3.05) is 0 Å². The topological polar surface area (TPSA) is 26.3 Å². The summed E-state index contributed by atoms with van der Waals surface area (Å²) in [6.07, 6.45) is 49.7. The Morgan fingerprint density at radius 1 is 0.765 bits per heavy atom. The van der Waals surface area contributed by atoms with Crippen LogP contribution in [0.2, 0.25) is 0 Å². The van der Waals surface area contributed by atoms with Crippen LogP contribution in [0.3, 0.4) is 0 Å². The Hall–Kier alpha value is -2.09. The summed E-state index contributed by atoms with van der Waals surface area (Å²) in [5, 5.41) is 0. The Morgan fingerprint density at radius 2 is 1.43 bits per heavy atom. The van der Waals surface area contributed by atoms with Crippen molar-refractivity contribution in [3.05, 3.63) is 72.4 Å². The monoisotopic (exact) mass is 699 g/mol. The molecule has 0 N–H and O–H groups in total. The standard InChI is InChI=1S/C49H78O2/c1-7-8-9-10-11-12-13-14-15-16-17-18-19-20-21-22-23-24-25-29-47(50)51-42-34-36-48(5)41(38-42)30-31-43-45-33-32-44(40(4)28-26-27-39(2)3)49(45,6)37-35-46(43)48/h8-9,11-12,14-15,17-18,20-21,30,39-40,42-46H,7,10,13,16,19,22-29,31-38H2,1-6H3/b9-8-,12-11-,15-14-,18-17-,21-20-/t40-,42+,43+,44-,45+,46+,48+,49-/m1/s1. The van der Waals surface area contributed by atoms with Gasteiger partial charge in [0.15, 0.2) is 0 Å². The lowest BCUT2D eigenvalue weighted by Gasteiger charge is -2.58. The summed E-state index contributed by atoms with van der Waals surface area (Å²) >= 11 is 0. The normalized spacial score (nSPS) is 31.6. The average molecular weight is 699 g/mol. The van der Waals surface area contributed by atoms with E-state index in [2.05, 4.69) is 108 Å². The molecular weight excluding hydrogens is 621 g/mol. The van der Waals surface area contributed by atoms with E-state index in [1.54, 1.807) is 5.57 Å². The molecule has 4 rings (SSSR count). The fourth-order valence-electron chi connectivity index (χ4n) is 11.1. The molecule has 0 spiro atoms. The van der Waals surface area contributed by atoms with Crippen LogP contribution in [0.15, 0.2) is 72.4 Å². The third-order valence-electron chi connectivity index (χ3n) is 14.0. The van der Waals surface area contributed by atoms with Gasteiger partial charge in [-0.05, 0) is 143 Å². The maximum Gasteiger partial charge on any atom is 0.306 e. The highest BCUT2D eigenvalue weighted by molar-refractivity contribution is 5.69. The Labute approximate surface area is 315 Å². The van der Waals surface area contributed by atoms with E-state index in [-0.39, 0.29) is 12.1 Å². The van der Waals surface area contributed by atoms with Crippen molar-refractivity contribution in [2.24, 2.45) is 46.3 Å². The van der Waals surface area contributed by atoms with Gasteiger partial charge in [-0.2, -0.15) is 0 Å². The predicted molar refractivity (Wildman–Crippen MR) is 220 cm³/mol. The minimum atomic E-state index is 0.0284. The van der Waals surface area contributed by atoms with E-state index in [0.29, 0.717) is 17.3 Å². The number of ether oxygens (including phenoxy) is 1. The fraction of sp³-hybridized carbons (Fsp3) is 0.735. The molecule has 0 aliphatic heterocycles. The van der Waals surface area contributed by atoms with Gasteiger partial charge in [0.2, 0.25) is 0 Å². The maximum absolute atomic E-state index is 12.8. The summed E-state index contributed by atoms with van der Waals surface area (Å²) in [4.78, 5) is 12.8. The second-order valence-corrected chi connectivity index (χ2v) is 18.0. The van der Waals surface area contributed by atoms with E-state index in [9.17, 15) is 4.79 Å². The first-order valence-corrected chi connectivity index (χ1v) is 21.8. The van der Waals surface area contributed by atoms with E-state index in [4.69, 9.17) is 4.74 Å². The molecule has 0 aromatic carbocycles. The molecule has 0 heterocycles.